The minimum atomic E-state index is -0.314. The second kappa shape index (κ2) is 7.90. The van der Waals surface area contributed by atoms with E-state index in [4.69, 9.17) is 22.1 Å². The van der Waals surface area contributed by atoms with Crippen LogP contribution >= 0.6 is 23.4 Å². The van der Waals surface area contributed by atoms with Crippen molar-refractivity contribution in [3.05, 3.63) is 35.1 Å². The van der Waals surface area contributed by atoms with E-state index in [9.17, 15) is 4.79 Å². The zero-order valence-electron chi connectivity index (χ0n) is 13.2. The largest absolute Gasteiger partial charge is 0.493 e. The van der Waals surface area contributed by atoms with Gasteiger partial charge in [0.2, 0.25) is 5.91 Å². The van der Waals surface area contributed by atoms with Gasteiger partial charge in [0.25, 0.3) is 0 Å². The van der Waals surface area contributed by atoms with Crippen LogP contribution < -0.4 is 10.5 Å². The molecule has 24 heavy (non-hydrogen) atoms. The molecular weight excluding hydrogens is 348 g/mol. The Labute approximate surface area is 149 Å². The third-order valence-electron chi connectivity index (χ3n) is 3.65. The zero-order valence-corrected chi connectivity index (χ0v) is 14.7. The molecule has 1 saturated carbocycles. The lowest BCUT2D eigenvalue weighted by atomic mass is 10.3. The van der Waals surface area contributed by atoms with Crippen LogP contribution in [0.1, 0.15) is 31.0 Å². The van der Waals surface area contributed by atoms with Gasteiger partial charge in [0, 0.05) is 29.7 Å². The summed E-state index contributed by atoms with van der Waals surface area (Å²) in [6.07, 6.45) is 2.57. The quantitative estimate of drug-likeness (QED) is 0.545. The standard InChI is InChI=1S/C16H19ClN4O2S/c17-12-2-1-3-13(10-12)23-8-9-24-16-20-19-15(11-4-5-11)21(16)7-6-14(18)22/h1-3,10-11H,4-9H2,(H2,18,22). The molecule has 0 spiro atoms. The van der Waals surface area contributed by atoms with Gasteiger partial charge >= 0.3 is 0 Å². The van der Waals surface area contributed by atoms with Crippen molar-refractivity contribution >= 4 is 29.3 Å². The Morgan fingerprint density at radius 3 is 2.96 bits per heavy atom. The molecular formula is C16H19ClN4O2S. The van der Waals surface area contributed by atoms with Crippen molar-refractivity contribution in [1.82, 2.24) is 14.8 Å². The number of primary amides is 1. The van der Waals surface area contributed by atoms with Crippen molar-refractivity contribution in [3.63, 3.8) is 0 Å². The Kier molecular flexibility index (Phi) is 5.63. The first kappa shape index (κ1) is 17.1. The number of nitrogens with zero attached hydrogens (tertiary/aromatic N) is 3. The fourth-order valence-corrected chi connectivity index (χ4v) is 3.30. The van der Waals surface area contributed by atoms with E-state index in [1.807, 2.05) is 22.8 Å². The van der Waals surface area contributed by atoms with Gasteiger partial charge in [-0.15, -0.1) is 10.2 Å². The molecule has 1 fully saturated rings. The average Bonchev–Trinajstić information content (AvgIpc) is 3.31. The van der Waals surface area contributed by atoms with Gasteiger partial charge < -0.3 is 15.0 Å². The fourth-order valence-electron chi connectivity index (χ4n) is 2.33. The van der Waals surface area contributed by atoms with Gasteiger partial charge in [-0.3, -0.25) is 4.79 Å². The Morgan fingerprint density at radius 2 is 2.25 bits per heavy atom. The van der Waals surface area contributed by atoms with Crippen molar-refractivity contribution in [3.8, 4) is 5.75 Å². The second-order valence-electron chi connectivity index (χ2n) is 5.64. The lowest BCUT2D eigenvalue weighted by Gasteiger charge is -2.09. The molecule has 0 atom stereocenters. The van der Waals surface area contributed by atoms with Gasteiger partial charge in [-0.25, -0.2) is 0 Å². The van der Waals surface area contributed by atoms with E-state index in [0.29, 0.717) is 30.5 Å². The Bertz CT molecular complexity index is 718. The Balaban J connectivity index is 1.55. The maximum atomic E-state index is 11.1. The number of aromatic nitrogens is 3. The molecule has 3 rings (SSSR count). The lowest BCUT2D eigenvalue weighted by molar-refractivity contribution is -0.118. The summed E-state index contributed by atoms with van der Waals surface area (Å²) in [5, 5.41) is 10.0. The second-order valence-corrected chi connectivity index (χ2v) is 7.14. The van der Waals surface area contributed by atoms with E-state index in [-0.39, 0.29) is 5.91 Å². The summed E-state index contributed by atoms with van der Waals surface area (Å²) in [5.41, 5.74) is 5.27. The number of nitrogens with two attached hydrogens (primary N) is 1. The first-order valence-electron chi connectivity index (χ1n) is 7.86. The monoisotopic (exact) mass is 366 g/mol. The molecule has 0 saturated heterocycles. The molecule has 1 aromatic carbocycles. The maximum absolute atomic E-state index is 11.1. The summed E-state index contributed by atoms with van der Waals surface area (Å²) in [5.74, 6) is 2.60. The number of rotatable bonds is 9. The van der Waals surface area contributed by atoms with Crippen LogP contribution in [0.15, 0.2) is 29.4 Å². The number of carbonyl (C=O) groups excluding carboxylic acids is 1. The number of amides is 1. The van der Waals surface area contributed by atoms with E-state index in [1.54, 1.807) is 17.8 Å². The molecule has 0 aliphatic heterocycles. The number of carbonyl (C=O) groups is 1. The summed E-state index contributed by atoms with van der Waals surface area (Å²) in [6.45, 7) is 1.07. The van der Waals surface area contributed by atoms with Crippen molar-refractivity contribution in [2.75, 3.05) is 12.4 Å². The van der Waals surface area contributed by atoms with E-state index < -0.39 is 0 Å². The molecule has 1 aliphatic rings. The van der Waals surface area contributed by atoms with Gasteiger partial charge in [0.1, 0.15) is 11.6 Å². The number of hydrogen-bond donors (Lipinski definition) is 1. The summed E-state index contributed by atoms with van der Waals surface area (Å²) in [6, 6.07) is 7.32. The predicted molar refractivity (Wildman–Crippen MR) is 93.5 cm³/mol. The minimum absolute atomic E-state index is 0.296. The van der Waals surface area contributed by atoms with Gasteiger partial charge in [-0.1, -0.05) is 29.4 Å². The summed E-state index contributed by atoms with van der Waals surface area (Å²) >= 11 is 7.50. The molecule has 2 aromatic rings. The highest BCUT2D eigenvalue weighted by atomic mass is 35.5. The van der Waals surface area contributed by atoms with Crippen LogP contribution in [0.4, 0.5) is 0 Å². The topological polar surface area (TPSA) is 83.0 Å². The molecule has 0 bridgehead atoms. The third kappa shape index (κ3) is 4.64. The fraction of sp³-hybridized carbons (Fsp3) is 0.438. The first-order chi connectivity index (χ1) is 11.6. The molecule has 0 unspecified atom stereocenters. The average molecular weight is 367 g/mol. The molecule has 1 aromatic heterocycles. The maximum Gasteiger partial charge on any atom is 0.219 e. The molecule has 6 nitrogen and oxygen atoms in total. The van der Waals surface area contributed by atoms with Crippen molar-refractivity contribution in [2.24, 2.45) is 5.73 Å². The SMILES string of the molecule is NC(=O)CCn1c(SCCOc2cccc(Cl)c2)nnc1C1CC1. The van der Waals surface area contributed by atoms with Crippen LogP contribution in [-0.2, 0) is 11.3 Å². The Hall–Kier alpha value is -1.73. The van der Waals surface area contributed by atoms with Crippen LogP contribution in [0.3, 0.4) is 0 Å². The molecule has 2 N–H and O–H groups in total. The minimum Gasteiger partial charge on any atom is -0.493 e. The lowest BCUT2D eigenvalue weighted by Crippen LogP contribution is -2.15. The van der Waals surface area contributed by atoms with Crippen LogP contribution in [0.2, 0.25) is 5.02 Å². The van der Waals surface area contributed by atoms with Gasteiger partial charge in [-0.2, -0.15) is 0 Å². The van der Waals surface area contributed by atoms with Crippen molar-refractivity contribution in [1.29, 1.82) is 0 Å². The van der Waals surface area contributed by atoms with E-state index >= 15 is 0 Å². The van der Waals surface area contributed by atoms with Gasteiger partial charge in [-0.05, 0) is 31.0 Å². The molecule has 1 heterocycles. The van der Waals surface area contributed by atoms with Crippen LogP contribution in [-0.4, -0.2) is 33.0 Å². The highest BCUT2D eigenvalue weighted by Crippen LogP contribution is 2.40. The van der Waals surface area contributed by atoms with Crippen LogP contribution in [0.5, 0.6) is 5.75 Å². The Morgan fingerprint density at radius 1 is 1.42 bits per heavy atom. The summed E-state index contributed by atoms with van der Waals surface area (Å²) in [7, 11) is 0. The molecule has 128 valence electrons. The van der Waals surface area contributed by atoms with Crippen molar-refractivity contribution in [2.45, 2.75) is 36.9 Å². The van der Waals surface area contributed by atoms with E-state index in [2.05, 4.69) is 10.2 Å². The van der Waals surface area contributed by atoms with Gasteiger partial charge in [0.05, 0.1) is 6.61 Å². The molecule has 1 amide bonds. The number of benzene rings is 1. The smallest absolute Gasteiger partial charge is 0.219 e. The highest BCUT2D eigenvalue weighted by molar-refractivity contribution is 7.99. The first-order valence-corrected chi connectivity index (χ1v) is 9.22. The molecule has 0 radical (unpaired) electrons. The molecule has 8 heteroatoms. The number of thioether (sulfide) groups is 1. The normalized spacial score (nSPS) is 13.9. The zero-order chi connectivity index (χ0) is 16.9. The van der Waals surface area contributed by atoms with E-state index in [0.717, 1.165) is 35.3 Å². The van der Waals surface area contributed by atoms with Crippen LogP contribution in [0.25, 0.3) is 0 Å². The third-order valence-corrected chi connectivity index (χ3v) is 4.82. The van der Waals surface area contributed by atoms with Crippen molar-refractivity contribution < 1.29 is 9.53 Å². The van der Waals surface area contributed by atoms with Crippen LogP contribution in [0, 0.1) is 0 Å². The molecule has 1 aliphatic carbocycles. The predicted octanol–water partition coefficient (Wildman–Crippen LogP) is 2.86. The number of hydrogen-bond acceptors (Lipinski definition) is 5. The van der Waals surface area contributed by atoms with Gasteiger partial charge in [0.15, 0.2) is 5.16 Å². The highest BCUT2D eigenvalue weighted by Gasteiger charge is 2.30. The summed E-state index contributed by atoms with van der Waals surface area (Å²) in [4.78, 5) is 11.1. The number of ether oxygens (including phenoxy) is 1. The summed E-state index contributed by atoms with van der Waals surface area (Å²) < 4.78 is 7.70. The van der Waals surface area contributed by atoms with E-state index in [1.165, 1.54) is 0 Å². The number of halogens is 1.